The normalized spacial score (nSPS) is 11.6. The molecule has 4 heteroatoms. The molecule has 2 N–H and O–H groups in total. The minimum Gasteiger partial charge on any atom is -0.462 e. The number of anilines is 1. The fraction of sp³-hybridized carbons (Fsp3) is 0.312. The predicted molar refractivity (Wildman–Crippen MR) is 86.8 cm³/mol. The number of carbonyl (C=O) groups is 1. The van der Waals surface area contributed by atoms with Gasteiger partial charge in [-0.1, -0.05) is 50.0 Å². The first-order valence-electron chi connectivity index (χ1n) is 6.83. The third-order valence-corrected chi connectivity index (χ3v) is 4.95. The van der Waals surface area contributed by atoms with Crippen molar-refractivity contribution in [2.75, 3.05) is 12.3 Å². The van der Waals surface area contributed by atoms with Crippen molar-refractivity contribution >= 4 is 30.5 Å². The van der Waals surface area contributed by atoms with Crippen molar-refractivity contribution < 1.29 is 9.53 Å². The van der Waals surface area contributed by atoms with Crippen LogP contribution in [0, 0.1) is 0 Å². The summed E-state index contributed by atoms with van der Waals surface area (Å²) in [5, 5.41) is 1.85. The van der Waals surface area contributed by atoms with E-state index in [1.807, 2.05) is 30.3 Å². The first kappa shape index (κ1) is 14.6. The van der Waals surface area contributed by atoms with Gasteiger partial charge < -0.3 is 10.5 Å². The molecular weight excluding hydrogens is 266 g/mol. The molecule has 0 aromatic heterocycles. The quantitative estimate of drug-likeness (QED) is 0.527. The van der Waals surface area contributed by atoms with E-state index in [1.54, 1.807) is 6.07 Å². The Morgan fingerprint density at radius 2 is 1.85 bits per heavy atom. The molecule has 0 heterocycles. The Hall–Kier alpha value is -1.81. The third-order valence-electron chi connectivity index (χ3n) is 3.25. The molecule has 2 rings (SSSR count). The summed E-state index contributed by atoms with van der Waals surface area (Å²) in [4.78, 5) is 12.3. The second-order valence-electron chi connectivity index (χ2n) is 6.20. The van der Waals surface area contributed by atoms with Crippen LogP contribution in [-0.4, -0.2) is 20.7 Å². The van der Waals surface area contributed by atoms with Crippen LogP contribution in [0.1, 0.15) is 10.4 Å². The molecule has 0 aliphatic heterocycles. The molecule has 0 amide bonds. The van der Waals surface area contributed by atoms with E-state index in [0.29, 0.717) is 17.9 Å². The molecule has 2 aromatic rings. The van der Waals surface area contributed by atoms with Gasteiger partial charge in [0, 0.05) is 13.8 Å². The smallest absolute Gasteiger partial charge is 0.340 e. The summed E-state index contributed by atoms with van der Waals surface area (Å²) in [7, 11) is -1.20. The SMILES string of the molecule is C[Si](C)(C)CCOC(=O)c1c(N)ccc2ccccc12. The largest absolute Gasteiger partial charge is 0.462 e. The summed E-state index contributed by atoms with van der Waals surface area (Å²) in [6.07, 6.45) is 0. The van der Waals surface area contributed by atoms with Gasteiger partial charge in [0.2, 0.25) is 0 Å². The van der Waals surface area contributed by atoms with Gasteiger partial charge in [-0.25, -0.2) is 4.79 Å². The molecule has 2 aromatic carbocycles. The molecule has 0 aliphatic carbocycles. The van der Waals surface area contributed by atoms with Crippen LogP contribution < -0.4 is 5.73 Å². The second-order valence-corrected chi connectivity index (χ2v) is 11.8. The number of nitrogens with two attached hydrogens (primary N) is 1. The highest BCUT2D eigenvalue weighted by Crippen LogP contribution is 2.25. The van der Waals surface area contributed by atoms with Crippen molar-refractivity contribution in [2.45, 2.75) is 25.7 Å². The van der Waals surface area contributed by atoms with Crippen molar-refractivity contribution in [1.29, 1.82) is 0 Å². The van der Waals surface area contributed by atoms with Crippen LogP contribution >= 0.6 is 0 Å². The van der Waals surface area contributed by atoms with Gasteiger partial charge in [0.25, 0.3) is 0 Å². The Morgan fingerprint density at radius 3 is 2.55 bits per heavy atom. The standard InChI is InChI=1S/C16H21NO2Si/c1-20(2,3)11-10-19-16(18)15-13-7-5-4-6-12(13)8-9-14(15)17/h4-9H,10-11,17H2,1-3H3. The molecule has 0 aliphatic rings. The lowest BCUT2D eigenvalue weighted by molar-refractivity contribution is 0.0529. The van der Waals surface area contributed by atoms with E-state index in [0.717, 1.165) is 16.8 Å². The number of rotatable bonds is 4. The van der Waals surface area contributed by atoms with Gasteiger partial charge in [-0.3, -0.25) is 0 Å². The van der Waals surface area contributed by atoms with E-state index in [-0.39, 0.29) is 5.97 Å². The molecule has 0 spiro atoms. The summed E-state index contributed by atoms with van der Waals surface area (Å²) in [5.74, 6) is -0.322. The molecule has 3 nitrogen and oxygen atoms in total. The molecule has 0 saturated carbocycles. The molecule has 0 unspecified atom stereocenters. The first-order chi connectivity index (χ1) is 9.38. The first-order valence-corrected chi connectivity index (χ1v) is 10.5. The van der Waals surface area contributed by atoms with Gasteiger partial charge in [0.1, 0.15) is 0 Å². The zero-order valence-electron chi connectivity index (χ0n) is 12.3. The summed E-state index contributed by atoms with van der Waals surface area (Å²) in [5.41, 5.74) is 6.91. The van der Waals surface area contributed by atoms with E-state index in [1.165, 1.54) is 0 Å². The Labute approximate surface area is 120 Å². The zero-order valence-corrected chi connectivity index (χ0v) is 13.3. The molecule has 0 atom stereocenters. The third kappa shape index (κ3) is 3.39. The van der Waals surface area contributed by atoms with Gasteiger partial charge in [-0.05, 0) is 22.9 Å². The lowest BCUT2D eigenvalue weighted by atomic mass is 10.0. The molecule has 106 valence electrons. The van der Waals surface area contributed by atoms with Crippen LogP contribution in [0.25, 0.3) is 10.8 Å². The number of benzene rings is 2. The van der Waals surface area contributed by atoms with E-state index in [9.17, 15) is 4.79 Å². The van der Waals surface area contributed by atoms with E-state index < -0.39 is 8.07 Å². The molecule has 0 saturated heterocycles. The van der Waals surface area contributed by atoms with Gasteiger partial charge >= 0.3 is 5.97 Å². The zero-order chi connectivity index (χ0) is 14.8. The maximum atomic E-state index is 12.3. The molecular formula is C16H21NO2Si. The maximum Gasteiger partial charge on any atom is 0.340 e. The summed E-state index contributed by atoms with van der Waals surface area (Å²) in [6, 6.07) is 12.4. The van der Waals surface area contributed by atoms with Crippen LogP contribution in [0.3, 0.4) is 0 Å². The van der Waals surface area contributed by atoms with Gasteiger partial charge in [-0.2, -0.15) is 0 Å². The van der Waals surface area contributed by atoms with E-state index >= 15 is 0 Å². The minimum absolute atomic E-state index is 0.322. The van der Waals surface area contributed by atoms with Gasteiger partial charge in [0.15, 0.2) is 0 Å². The highest BCUT2D eigenvalue weighted by Gasteiger charge is 2.17. The highest BCUT2D eigenvalue weighted by atomic mass is 28.3. The number of hydrogen-bond acceptors (Lipinski definition) is 3. The Balaban J connectivity index is 2.23. The van der Waals surface area contributed by atoms with Crippen LogP contribution in [0.15, 0.2) is 36.4 Å². The molecule has 0 fully saturated rings. The maximum absolute atomic E-state index is 12.3. The number of ether oxygens (including phenoxy) is 1. The lowest BCUT2D eigenvalue weighted by Gasteiger charge is -2.16. The number of hydrogen-bond donors (Lipinski definition) is 1. The van der Waals surface area contributed by atoms with Crippen LogP contribution in [0.5, 0.6) is 0 Å². The fourth-order valence-corrected chi connectivity index (χ4v) is 2.75. The Kier molecular flexibility index (Phi) is 4.14. The van der Waals surface area contributed by atoms with Crippen LogP contribution in [0.4, 0.5) is 5.69 Å². The Bertz CT molecular complexity index is 632. The average molecular weight is 287 g/mol. The predicted octanol–water partition coefficient (Wildman–Crippen LogP) is 3.92. The van der Waals surface area contributed by atoms with Crippen molar-refractivity contribution in [3.63, 3.8) is 0 Å². The van der Waals surface area contributed by atoms with Crippen molar-refractivity contribution in [3.05, 3.63) is 42.0 Å². The number of fused-ring (bicyclic) bond motifs is 1. The van der Waals surface area contributed by atoms with Crippen molar-refractivity contribution in [3.8, 4) is 0 Å². The monoisotopic (exact) mass is 287 g/mol. The topological polar surface area (TPSA) is 52.3 Å². The fourth-order valence-electron chi connectivity index (χ4n) is 2.04. The number of esters is 1. The summed E-state index contributed by atoms with van der Waals surface area (Å²) >= 11 is 0. The van der Waals surface area contributed by atoms with Crippen LogP contribution in [-0.2, 0) is 4.74 Å². The lowest BCUT2D eigenvalue weighted by Crippen LogP contribution is -2.23. The number of carbonyl (C=O) groups excluding carboxylic acids is 1. The summed E-state index contributed by atoms with van der Waals surface area (Å²) in [6.45, 7) is 7.24. The molecule has 20 heavy (non-hydrogen) atoms. The summed E-state index contributed by atoms with van der Waals surface area (Å²) < 4.78 is 5.41. The molecule has 0 radical (unpaired) electrons. The van der Waals surface area contributed by atoms with Gasteiger partial charge in [0.05, 0.1) is 12.2 Å². The Morgan fingerprint density at radius 1 is 1.15 bits per heavy atom. The van der Waals surface area contributed by atoms with E-state index in [2.05, 4.69) is 19.6 Å². The highest BCUT2D eigenvalue weighted by molar-refractivity contribution is 6.76. The minimum atomic E-state index is -1.20. The van der Waals surface area contributed by atoms with Crippen LogP contribution in [0.2, 0.25) is 25.7 Å². The molecule has 0 bridgehead atoms. The number of nitrogen functional groups attached to an aromatic ring is 1. The van der Waals surface area contributed by atoms with Gasteiger partial charge in [-0.15, -0.1) is 0 Å². The second kappa shape index (κ2) is 5.67. The van der Waals surface area contributed by atoms with E-state index in [4.69, 9.17) is 10.5 Å². The van der Waals surface area contributed by atoms with Crippen molar-refractivity contribution in [2.24, 2.45) is 0 Å². The van der Waals surface area contributed by atoms with Crippen molar-refractivity contribution in [1.82, 2.24) is 0 Å². The average Bonchev–Trinajstić information content (AvgIpc) is 2.36.